The summed E-state index contributed by atoms with van der Waals surface area (Å²) in [5.41, 5.74) is 0.688. The molecular formula is C16H15ClN2O3S. The highest BCUT2D eigenvalue weighted by atomic mass is 35.5. The van der Waals surface area contributed by atoms with Crippen LogP contribution >= 0.6 is 23.4 Å². The van der Waals surface area contributed by atoms with Gasteiger partial charge in [0.15, 0.2) is 0 Å². The monoisotopic (exact) mass is 350 g/mol. The van der Waals surface area contributed by atoms with Crippen LogP contribution in [0.3, 0.4) is 0 Å². The van der Waals surface area contributed by atoms with Gasteiger partial charge in [-0.05, 0) is 37.3 Å². The van der Waals surface area contributed by atoms with E-state index in [1.165, 1.54) is 11.8 Å². The van der Waals surface area contributed by atoms with Crippen LogP contribution in [0.5, 0.6) is 0 Å². The molecule has 0 saturated carbocycles. The number of carbonyl (C=O) groups is 2. The summed E-state index contributed by atoms with van der Waals surface area (Å²) in [7, 11) is 0. The van der Waals surface area contributed by atoms with E-state index < -0.39 is 5.25 Å². The second-order valence-corrected chi connectivity index (χ2v) is 6.93. The zero-order valence-electron chi connectivity index (χ0n) is 12.3. The van der Waals surface area contributed by atoms with Crippen LogP contribution in [0.25, 0.3) is 0 Å². The van der Waals surface area contributed by atoms with Crippen molar-refractivity contribution in [2.75, 3.05) is 5.32 Å². The summed E-state index contributed by atoms with van der Waals surface area (Å²) in [6.45, 7) is 1.84. The van der Waals surface area contributed by atoms with E-state index in [1.54, 1.807) is 30.5 Å². The topological polar surface area (TPSA) is 71.3 Å². The fraction of sp³-hybridized carbons (Fsp3) is 0.250. The molecule has 7 heteroatoms. The molecule has 1 aromatic carbocycles. The molecule has 1 aliphatic rings. The van der Waals surface area contributed by atoms with Crippen molar-refractivity contribution < 1.29 is 14.0 Å². The maximum atomic E-state index is 12.2. The molecule has 0 spiro atoms. The largest absolute Gasteiger partial charge is 0.467 e. The van der Waals surface area contributed by atoms with E-state index in [0.29, 0.717) is 16.5 Å². The maximum absolute atomic E-state index is 12.2. The SMILES string of the molecule is C[C@H](NC(=O)C[C@@H]1Sc2ccc(Cl)cc2NC1=O)c1ccco1. The Morgan fingerprint density at radius 3 is 3.04 bits per heavy atom. The van der Waals surface area contributed by atoms with Gasteiger partial charge in [-0.25, -0.2) is 0 Å². The van der Waals surface area contributed by atoms with Crippen molar-refractivity contribution in [1.82, 2.24) is 5.32 Å². The van der Waals surface area contributed by atoms with Crippen LogP contribution in [0.2, 0.25) is 5.02 Å². The quantitative estimate of drug-likeness (QED) is 0.883. The minimum atomic E-state index is -0.465. The standard InChI is InChI=1S/C16H15ClN2O3S/c1-9(12-3-2-6-22-12)18-15(20)8-14-16(21)19-11-7-10(17)4-5-13(11)23-14/h2-7,9,14H,8H2,1H3,(H,18,20)(H,19,21)/t9-,14-/m0/s1. The number of hydrogen-bond donors (Lipinski definition) is 2. The fourth-order valence-electron chi connectivity index (χ4n) is 2.33. The average Bonchev–Trinajstić information content (AvgIpc) is 3.02. The first-order valence-electron chi connectivity index (χ1n) is 7.13. The number of benzene rings is 1. The Balaban J connectivity index is 1.63. The molecule has 2 heterocycles. The van der Waals surface area contributed by atoms with Gasteiger partial charge in [-0.15, -0.1) is 11.8 Å². The van der Waals surface area contributed by atoms with Gasteiger partial charge in [0.25, 0.3) is 0 Å². The Labute approximate surface area is 142 Å². The van der Waals surface area contributed by atoms with Crippen molar-refractivity contribution in [1.29, 1.82) is 0 Å². The number of amides is 2. The molecule has 1 aromatic heterocycles. The smallest absolute Gasteiger partial charge is 0.238 e. The van der Waals surface area contributed by atoms with Crippen molar-refractivity contribution >= 4 is 40.9 Å². The first-order valence-corrected chi connectivity index (χ1v) is 8.38. The van der Waals surface area contributed by atoms with Crippen LogP contribution < -0.4 is 10.6 Å². The molecule has 3 rings (SSSR count). The molecule has 23 heavy (non-hydrogen) atoms. The van der Waals surface area contributed by atoms with E-state index in [-0.39, 0.29) is 24.3 Å². The van der Waals surface area contributed by atoms with Crippen molar-refractivity contribution in [2.24, 2.45) is 0 Å². The summed E-state index contributed by atoms with van der Waals surface area (Å²) in [5, 5.41) is 5.73. The highest BCUT2D eigenvalue weighted by Gasteiger charge is 2.29. The van der Waals surface area contributed by atoms with Gasteiger partial charge < -0.3 is 15.1 Å². The number of halogens is 1. The Hall–Kier alpha value is -1.92. The number of nitrogens with one attached hydrogen (secondary N) is 2. The van der Waals surface area contributed by atoms with Gasteiger partial charge in [-0.2, -0.15) is 0 Å². The number of fused-ring (bicyclic) bond motifs is 1. The minimum Gasteiger partial charge on any atom is -0.467 e. The Morgan fingerprint density at radius 2 is 2.30 bits per heavy atom. The number of carbonyl (C=O) groups excluding carboxylic acids is 2. The molecule has 2 N–H and O–H groups in total. The molecule has 0 bridgehead atoms. The lowest BCUT2D eigenvalue weighted by atomic mass is 10.2. The van der Waals surface area contributed by atoms with Gasteiger partial charge in [0, 0.05) is 16.3 Å². The van der Waals surface area contributed by atoms with Crippen molar-refractivity contribution in [3.05, 3.63) is 47.4 Å². The normalized spacial score (nSPS) is 18.0. The first-order chi connectivity index (χ1) is 11.0. The van der Waals surface area contributed by atoms with Crippen LogP contribution in [0.15, 0.2) is 45.9 Å². The molecule has 2 amide bonds. The molecule has 0 unspecified atom stereocenters. The zero-order chi connectivity index (χ0) is 16.4. The van der Waals surface area contributed by atoms with Gasteiger partial charge in [0.05, 0.1) is 23.2 Å². The Morgan fingerprint density at radius 1 is 1.48 bits per heavy atom. The lowest BCUT2D eigenvalue weighted by Crippen LogP contribution is -2.35. The van der Waals surface area contributed by atoms with E-state index in [9.17, 15) is 9.59 Å². The molecular weight excluding hydrogens is 336 g/mol. The number of thioether (sulfide) groups is 1. The second-order valence-electron chi connectivity index (χ2n) is 5.24. The van der Waals surface area contributed by atoms with Crippen LogP contribution in [-0.2, 0) is 9.59 Å². The molecule has 1 aliphatic heterocycles. The van der Waals surface area contributed by atoms with Crippen molar-refractivity contribution in [2.45, 2.75) is 29.5 Å². The third-order valence-electron chi connectivity index (χ3n) is 3.48. The second kappa shape index (κ2) is 6.68. The van der Waals surface area contributed by atoms with E-state index in [2.05, 4.69) is 10.6 Å². The van der Waals surface area contributed by atoms with Crippen molar-refractivity contribution in [3.63, 3.8) is 0 Å². The third kappa shape index (κ3) is 3.71. The highest BCUT2D eigenvalue weighted by Crippen LogP contribution is 2.38. The predicted molar refractivity (Wildman–Crippen MR) is 89.6 cm³/mol. The minimum absolute atomic E-state index is 0.101. The summed E-state index contributed by atoms with van der Waals surface area (Å²) < 4.78 is 5.25. The Bertz CT molecular complexity index is 733. The van der Waals surface area contributed by atoms with E-state index in [1.807, 2.05) is 13.0 Å². The van der Waals surface area contributed by atoms with Gasteiger partial charge >= 0.3 is 0 Å². The molecule has 5 nitrogen and oxygen atoms in total. The van der Waals surface area contributed by atoms with Crippen LogP contribution in [0.4, 0.5) is 5.69 Å². The summed E-state index contributed by atoms with van der Waals surface area (Å²) >= 11 is 7.29. The molecule has 0 aliphatic carbocycles. The number of anilines is 1. The highest BCUT2D eigenvalue weighted by molar-refractivity contribution is 8.01. The average molecular weight is 351 g/mol. The number of hydrogen-bond acceptors (Lipinski definition) is 4. The van der Waals surface area contributed by atoms with E-state index >= 15 is 0 Å². The van der Waals surface area contributed by atoms with Gasteiger partial charge in [0.2, 0.25) is 11.8 Å². The summed E-state index contributed by atoms with van der Waals surface area (Å²) in [5.74, 6) is 0.295. The molecule has 0 fully saturated rings. The molecule has 2 aromatic rings. The van der Waals surface area contributed by atoms with E-state index in [0.717, 1.165) is 4.90 Å². The molecule has 120 valence electrons. The van der Waals surface area contributed by atoms with E-state index in [4.69, 9.17) is 16.0 Å². The lowest BCUT2D eigenvalue weighted by Gasteiger charge is -2.24. The zero-order valence-corrected chi connectivity index (χ0v) is 13.9. The summed E-state index contributed by atoms with van der Waals surface area (Å²) in [4.78, 5) is 25.2. The number of furan rings is 1. The van der Waals surface area contributed by atoms with Crippen LogP contribution in [-0.4, -0.2) is 17.1 Å². The molecule has 2 atom stereocenters. The Kier molecular flexibility index (Phi) is 4.63. The summed E-state index contributed by atoms with van der Waals surface area (Å²) in [6, 6.07) is 8.65. The predicted octanol–water partition coefficient (Wildman–Crippen LogP) is 3.61. The first kappa shape index (κ1) is 16.0. The lowest BCUT2D eigenvalue weighted by molar-refractivity contribution is -0.124. The maximum Gasteiger partial charge on any atom is 0.238 e. The fourth-order valence-corrected chi connectivity index (χ4v) is 3.60. The molecule has 0 saturated heterocycles. The van der Waals surface area contributed by atoms with Gasteiger partial charge in [-0.1, -0.05) is 11.6 Å². The molecule has 0 radical (unpaired) electrons. The third-order valence-corrected chi connectivity index (χ3v) is 4.99. The van der Waals surface area contributed by atoms with Gasteiger partial charge in [0.1, 0.15) is 5.76 Å². The van der Waals surface area contributed by atoms with Gasteiger partial charge in [-0.3, -0.25) is 9.59 Å². The van der Waals surface area contributed by atoms with Crippen LogP contribution in [0, 0.1) is 0 Å². The van der Waals surface area contributed by atoms with Crippen molar-refractivity contribution in [3.8, 4) is 0 Å². The van der Waals surface area contributed by atoms with Crippen LogP contribution in [0.1, 0.15) is 25.1 Å². The summed E-state index contributed by atoms with van der Waals surface area (Å²) in [6.07, 6.45) is 1.66. The number of rotatable bonds is 4.